The molecule has 0 aromatic carbocycles. The number of likely N-dealkylation sites (tertiary alicyclic amines) is 1. The predicted molar refractivity (Wildman–Crippen MR) is 84.9 cm³/mol. The van der Waals surface area contributed by atoms with Crippen LogP contribution in [0.4, 0.5) is 0 Å². The molecule has 8 nitrogen and oxygen atoms in total. The summed E-state index contributed by atoms with van der Waals surface area (Å²) in [7, 11) is 3.13. The quantitative estimate of drug-likeness (QED) is 0.720. The van der Waals surface area contributed by atoms with Crippen molar-refractivity contribution in [2.24, 2.45) is 14.1 Å². The van der Waals surface area contributed by atoms with Crippen LogP contribution in [0.25, 0.3) is 11.2 Å². The lowest BCUT2D eigenvalue weighted by molar-refractivity contribution is 0.0737. The number of hydrogen-bond acceptors (Lipinski definition) is 5. The third-order valence-electron chi connectivity index (χ3n) is 5.02. The Morgan fingerprint density at radius 2 is 1.83 bits per heavy atom. The Kier molecular flexibility index (Phi) is 3.29. The van der Waals surface area contributed by atoms with Gasteiger partial charge in [0.1, 0.15) is 6.61 Å². The molecule has 2 aromatic rings. The Bertz CT molecular complexity index is 872. The molecule has 4 rings (SSSR count). The van der Waals surface area contributed by atoms with Gasteiger partial charge in [0.2, 0.25) is 0 Å². The van der Waals surface area contributed by atoms with Gasteiger partial charge in [-0.25, -0.2) is 4.79 Å². The second-order valence-electron chi connectivity index (χ2n) is 6.44. The minimum absolute atomic E-state index is 0.252. The summed E-state index contributed by atoms with van der Waals surface area (Å²) in [6.07, 6.45) is 3.71. The summed E-state index contributed by atoms with van der Waals surface area (Å²) in [6, 6.07) is 0.689. The summed E-state index contributed by atoms with van der Waals surface area (Å²) in [5.74, 6) is 0. The van der Waals surface area contributed by atoms with Crippen molar-refractivity contribution < 1.29 is 4.74 Å². The highest BCUT2D eigenvalue weighted by molar-refractivity contribution is 5.72. The number of imidazole rings is 1. The van der Waals surface area contributed by atoms with Crippen LogP contribution >= 0.6 is 0 Å². The molecule has 0 amide bonds. The van der Waals surface area contributed by atoms with Gasteiger partial charge in [0, 0.05) is 20.6 Å². The van der Waals surface area contributed by atoms with Gasteiger partial charge in [-0.2, -0.15) is 4.98 Å². The lowest BCUT2D eigenvalue weighted by Gasteiger charge is -2.36. The van der Waals surface area contributed by atoms with Crippen molar-refractivity contribution in [3.8, 4) is 6.01 Å². The van der Waals surface area contributed by atoms with E-state index in [-0.39, 0.29) is 17.3 Å². The highest BCUT2D eigenvalue weighted by Gasteiger charge is 2.30. The van der Waals surface area contributed by atoms with Crippen LogP contribution in [0.3, 0.4) is 0 Å². The van der Waals surface area contributed by atoms with Crippen LogP contribution in [0.1, 0.15) is 19.3 Å². The van der Waals surface area contributed by atoms with Gasteiger partial charge in [-0.3, -0.25) is 23.4 Å². The van der Waals surface area contributed by atoms with Gasteiger partial charge in [-0.1, -0.05) is 6.42 Å². The Hall–Kier alpha value is -2.09. The van der Waals surface area contributed by atoms with Crippen LogP contribution in [0.15, 0.2) is 9.59 Å². The van der Waals surface area contributed by atoms with Crippen molar-refractivity contribution in [2.75, 3.05) is 19.7 Å². The lowest BCUT2D eigenvalue weighted by atomic mass is 10.1. The van der Waals surface area contributed by atoms with Gasteiger partial charge in [-0.15, -0.1) is 0 Å². The minimum atomic E-state index is -0.370. The van der Waals surface area contributed by atoms with Gasteiger partial charge in [-0.05, 0) is 25.9 Å². The molecule has 0 N–H and O–H groups in total. The monoisotopic (exact) mass is 319 g/mol. The Balaban J connectivity index is 1.81. The number of nitrogens with zero attached hydrogens (tertiary/aromatic N) is 5. The standard InChI is InChI=1S/C15H21N5O3/c1-17-12-11(13(21)18(2)15(17)22)20-8-10(9-23-14(20)16-12)19-6-4-3-5-7-19/h10H,3-9H2,1-2H3. The molecule has 4 heterocycles. The molecule has 1 fully saturated rings. The summed E-state index contributed by atoms with van der Waals surface area (Å²) in [5, 5.41) is 0. The molecule has 0 spiro atoms. The zero-order valence-electron chi connectivity index (χ0n) is 13.5. The zero-order chi connectivity index (χ0) is 16.1. The molecule has 0 radical (unpaired) electrons. The summed E-state index contributed by atoms with van der Waals surface area (Å²) in [6.45, 7) is 3.41. The van der Waals surface area contributed by atoms with E-state index < -0.39 is 0 Å². The van der Waals surface area contributed by atoms with E-state index >= 15 is 0 Å². The van der Waals surface area contributed by atoms with E-state index in [2.05, 4.69) is 9.88 Å². The van der Waals surface area contributed by atoms with E-state index in [4.69, 9.17) is 4.74 Å². The van der Waals surface area contributed by atoms with Crippen molar-refractivity contribution in [2.45, 2.75) is 31.8 Å². The van der Waals surface area contributed by atoms with Crippen molar-refractivity contribution in [3.05, 3.63) is 20.8 Å². The third-order valence-corrected chi connectivity index (χ3v) is 5.02. The van der Waals surface area contributed by atoms with Crippen LogP contribution in [0, 0.1) is 0 Å². The normalized spacial score (nSPS) is 22.1. The highest BCUT2D eigenvalue weighted by atomic mass is 16.5. The zero-order valence-corrected chi connectivity index (χ0v) is 13.5. The molecule has 2 aliphatic heterocycles. The first-order valence-corrected chi connectivity index (χ1v) is 8.11. The van der Waals surface area contributed by atoms with Crippen LogP contribution < -0.4 is 16.0 Å². The van der Waals surface area contributed by atoms with Gasteiger partial charge < -0.3 is 4.74 Å². The highest BCUT2D eigenvalue weighted by Crippen LogP contribution is 2.25. The Morgan fingerprint density at radius 3 is 2.57 bits per heavy atom. The van der Waals surface area contributed by atoms with Gasteiger partial charge in [0.25, 0.3) is 11.6 Å². The molecular formula is C15H21N5O3. The van der Waals surface area contributed by atoms with E-state index in [0.717, 1.165) is 17.7 Å². The smallest absolute Gasteiger partial charge is 0.332 e. The maximum Gasteiger partial charge on any atom is 0.332 e. The Labute approximate surface area is 132 Å². The van der Waals surface area contributed by atoms with Crippen molar-refractivity contribution in [1.29, 1.82) is 0 Å². The predicted octanol–water partition coefficient (Wildman–Crippen LogP) is -0.319. The summed E-state index contributed by atoms with van der Waals surface area (Å²) in [4.78, 5) is 31.4. The van der Waals surface area contributed by atoms with Crippen LogP contribution in [0.5, 0.6) is 6.01 Å². The molecule has 23 heavy (non-hydrogen) atoms. The van der Waals surface area contributed by atoms with E-state index in [9.17, 15) is 9.59 Å². The molecule has 0 saturated carbocycles. The van der Waals surface area contributed by atoms with Crippen LogP contribution in [0.2, 0.25) is 0 Å². The molecule has 1 atom stereocenters. The second kappa shape index (κ2) is 5.23. The number of aromatic nitrogens is 4. The first kappa shape index (κ1) is 14.5. The fourth-order valence-corrected chi connectivity index (χ4v) is 3.64. The molecule has 0 aliphatic carbocycles. The minimum Gasteiger partial charge on any atom is -0.463 e. The maximum absolute atomic E-state index is 12.5. The average molecular weight is 319 g/mol. The molecule has 124 valence electrons. The number of fused-ring (bicyclic) bond motifs is 3. The molecule has 0 bridgehead atoms. The van der Waals surface area contributed by atoms with Gasteiger partial charge in [0.15, 0.2) is 11.2 Å². The molecule has 2 aromatic heterocycles. The average Bonchev–Trinajstić information content (AvgIpc) is 2.97. The van der Waals surface area contributed by atoms with E-state index in [1.165, 1.54) is 30.9 Å². The molecule has 1 saturated heterocycles. The number of rotatable bonds is 1. The number of hydrogen-bond donors (Lipinski definition) is 0. The number of ether oxygens (including phenoxy) is 1. The van der Waals surface area contributed by atoms with E-state index in [1.807, 2.05) is 4.57 Å². The topological polar surface area (TPSA) is 74.3 Å². The van der Waals surface area contributed by atoms with Gasteiger partial charge in [0.05, 0.1) is 6.04 Å². The fourth-order valence-electron chi connectivity index (χ4n) is 3.64. The fraction of sp³-hybridized carbons (Fsp3) is 0.667. The van der Waals surface area contributed by atoms with Crippen LogP contribution in [-0.2, 0) is 20.6 Å². The van der Waals surface area contributed by atoms with Crippen LogP contribution in [-0.4, -0.2) is 49.3 Å². The summed E-state index contributed by atoms with van der Waals surface area (Å²) >= 11 is 0. The molecule has 1 unspecified atom stereocenters. The van der Waals surface area contributed by atoms with E-state index in [0.29, 0.717) is 30.3 Å². The number of piperidine rings is 1. The lowest BCUT2D eigenvalue weighted by Crippen LogP contribution is -2.47. The SMILES string of the molecule is Cn1c(=O)c2c(nc3n2CC(N2CCCCC2)CO3)n(C)c1=O. The third kappa shape index (κ3) is 2.12. The summed E-state index contributed by atoms with van der Waals surface area (Å²) < 4.78 is 10.2. The van der Waals surface area contributed by atoms with E-state index in [1.54, 1.807) is 7.05 Å². The van der Waals surface area contributed by atoms with Crippen molar-refractivity contribution in [3.63, 3.8) is 0 Å². The van der Waals surface area contributed by atoms with Crippen molar-refractivity contribution >= 4 is 11.2 Å². The molecule has 2 aliphatic rings. The first-order chi connectivity index (χ1) is 11.1. The Morgan fingerprint density at radius 1 is 1.09 bits per heavy atom. The second-order valence-corrected chi connectivity index (χ2v) is 6.44. The number of aryl methyl sites for hydroxylation is 1. The maximum atomic E-state index is 12.5. The molecule has 8 heteroatoms. The van der Waals surface area contributed by atoms with Gasteiger partial charge >= 0.3 is 5.69 Å². The largest absolute Gasteiger partial charge is 0.463 e. The van der Waals surface area contributed by atoms with Crippen molar-refractivity contribution in [1.82, 2.24) is 23.6 Å². The summed E-state index contributed by atoms with van der Waals surface area (Å²) in [5.41, 5.74) is 0.161. The first-order valence-electron chi connectivity index (χ1n) is 8.11. The molecular weight excluding hydrogens is 298 g/mol.